The summed E-state index contributed by atoms with van der Waals surface area (Å²) < 4.78 is 12.5. The van der Waals surface area contributed by atoms with E-state index in [0.717, 1.165) is 41.8 Å². The highest BCUT2D eigenvalue weighted by Crippen LogP contribution is 2.35. The van der Waals surface area contributed by atoms with Gasteiger partial charge in [-0.3, -0.25) is 0 Å². The Morgan fingerprint density at radius 2 is 2.09 bits per heavy atom. The number of fused-ring (bicyclic) bond motifs is 1. The molecule has 170 valence electrons. The third-order valence-electron chi connectivity index (χ3n) is 5.29. The van der Waals surface area contributed by atoms with E-state index in [1.54, 1.807) is 17.8 Å². The summed E-state index contributed by atoms with van der Waals surface area (Å²) in [5.74, 6) is 0.908. The smallest absolute Gasteiger partial charge is 0.407 e. The van der Waals surface area contributed by atoms with Crippen LogP contribution in [0, 0.1) is 0 Å². The number of methoxy groups -OCH3 is 1. The number of nitrogens with one attached hydrogen (secondary N) is 1. The Balaban J connectivity index is 1.66. The van der Waals surface area contributed by atoms with Gasteiger partial charge in [-0.15, -0.1) is 0 Å². The summed E-state index contributed by atoms with van der Waals surface area (Å²) >= 11 is 0. The zero-order valence-electron chi connectivity index (χ0n) is 18.8. The first kappa shape index (κ1) is 21.7. The Hall–Kier alpha value is -3.56. The van der Waals surface area contributed by atoms with Crippen molar-refractivity contribution in [2.24, 2.45) is 0 Å². The predicted octanol–water partition coefficient (Wildman–Crippen LogP) is 2.88. The van der Waals surface area contributed by atoms with E-state index in [9.17, 15) is 4.79 Å². The number of hydrogen-bond acceptors (Lipinski definition) is 8. The second-order valence-corrected chi connectivity index (χ2v) is 8.84. The number of aromatic nitrogens is 4. The number of nitrogen functional groups attached to an aromatic ring is 1. The van der Waals surface area contributed by atoms with Crippen molar-refractivity contribution < 1.29 is 14.3 Å². The molecule has 1 fully saturated rings. The monoisotopic (exact) mass is 439 g/mol. The number of anilines is 2. The molecule has 0 saturated carbocycles. The van der Waals surface area contributed by atoms with Gasteiger partial charge in [0.2, 0.25) is 5.88 Å². The number of pyridine rings is 1. The molecule has 3 aromatic rings. The molecular weight excluding hydrogens is 410 g/mol. The minimum Gasteiger partial charge on any atom is -0.481 e. The fraction of sp³-hybridized carbons (Fsp3) is 0.455. The van der Waals surface area contributed by atoms with Crippen LogP contribution in [0.25, 0.3) is 16.8 Å². The van der Waals surface area contributed by atoms with E-state index < -0.39 is 11.7 Å². The summed E-state index contributed by atoms with van der Waals surface area (Å²) in [6, 6.07) is 5.76. The van der Waals surface area contributed by atoms with Gasteiger partial charge in [-0.1, -0.05) is 0 Å². The largest absolute Gasteiger partial charge is 0.481 e. The minimum absolute atomic E-state index is 0.0381. The van der Waals surface area contributed by atoms with Gasteiger partial charge >= 0.3 is 6.09 Å². The standard InChI is InChI=1S/C22H29N7O3/c1-22(2,3)32-21(30)27-15-6-5-9-28(12-15)17-11-16(14-7-8-24-18(10-14)31-4)29-19(17)20(23)25-13-26-29/h7-8,10-11,13,15H,5-6,9,12H2,1-4H3,(H,27,30)(H2,23,25,26)/t15-/m1/s1. The third kappa shape index (κ3) is 4.53. The zero-order chi connectivity index (χ0) is 22.9. The highest BCUT2D eigenvalue weighted by molar-refractivity contribution is 5.88. The first-order valence-electron chi connectivity index (χ1n) is 10.6. The highest BCUT2D eigenvalue weighted by Gasteiger charge is 2.27. The molecule has 1 atom stereocenters. The molecular formula is C22H29N7O3. The minimum atomic E-state index is -0.538. The van der Waals surface area contributed by atoms with Crippen LogP contribution in [0.1, 0.15) is 33.6 Å². The lowest BCUT2D eigenvalue weighted by Gasteiger charge is -2.34. The fourth-order valence-electron chi connectivity index (χ4n) is 3.96. The maximum Gasteiger partial charge on any atom is 0.407 e. The fourth-order valence-corrected chi connectivity index (χ4v) is 3.96. The average Bonchev–Trinajstić information content (AvgIpc) is 3.14. The molecule has 1 aliphatic heterocycles. The average molecular weight is 440 g/mol. The van der Waals surface area contributed by atoms with Crippen LogP contribution in [0.4, 0.5) is 16.3 Å². The normalized spacial score (nSPS) is 16.8. The van der Waals surface area contributed by atoms with Gasteiger partial charge in [0.1, 0.15) is 17.4 Å². The number of piperidine rings is 1. The van der Waals surface area contributed by atoms with Crippen molar-refractivity contribution in [1.29, 1.82) is 0 Å². The lowest BCUT2D eigenvalue weighted by atomic mass is 10.1. The van der Waals surface area contributed by atoms with Gasteiger partial charge < -0.3 is 25.4 Å². The number of nitrogens with zero attached hydrogens (tertiary/aromatic N) is 5. The molecule has 3 N–H and O–H groups in total. The molecule has 0 aliphatic carbocycles. The molecule has 4 heterocycles. The van der Waals surface area contributed by atoms with Gasteiger partial charge in [0, 0.05) is 37.0 Å². The first-order valence-corrected chi connectivity index (χ1v) is 10.6. The molecule has 10 nitrogen and oxygen atoms in total. The van der Waals surface area contributed by atoms with E-state index >= 15 is 0 Å². The van der Waals surface area contributed by atoms with E-state index in [4.69, 9.17) is 15.2 Å². The summed E-state index contributed by atoms with van der Waals surface area (Å²) in [5, 5.41) is 7.44. The Morgan fingerprint density at radius 1 is 1.28 bits per heavy atom. The molecule has 0 bridgehead atoms. The molecule has 32 heavy (non-hydrogen) atoms. The molecule has 0 aromatic carbocycles. The molecule has 1 saturated heterocycles. The van der Waals surface area contributed by atoms with Gasteiger partial charge in [-0.25, -0.2) is 19.3 Å². The van der Waals surface area contributed by atoms with E-state index in [0.29, 0.717) is 18.2 Å². The Labute approximate surface area is 186 Å². The molecule has 3 aromatic heterocycles. The Bertz CT molecular complexity index is 1120. The summed E-state index contributed by atoms with van der Waals surface area (Å²) in [5.41, 5.74) is 9.14. The SMILES string of the molecule is COc1cc(-c2cc(N3CCC[C@@H](NC(=O)OC(C)(C)C)C3)c3c(N)ncnn23)ccn1. The summed E-state index contributed by atoms with van der Waals surface area (Å²) in [6.45, 7) is 7.02. The summed E-state index contributed by atoms with van der Waals surface area (Å²) in [7, 11) is 1.58. The van der Waals surface area contributed by atoms with Crippen molar-refractivity contribution in [3.05, 3.63) is 30.7 Å². The van der Waals surface area contributed by atoms with Gasteiger partial charge in [0.15, 0.2) is 5.82 Å². The number of nitrogens with two attached hydrogens (primary N) is 1. The van der Waals surface area contributed by atoms with Crippen LogP contribution in [0.3, 0.4) is 0 Å². The van der Waals surface area contributed by atoms with Gasteiger partial charge in [0.05, 0.1) is 18.5 Å². The maximum atomic E-state index is 12.3. The van der Waals surface area contributed by atoms with Crippen molar-refractivity contribution in [3.63, 3.8) is 0 Å². The number of carbonyl (C=O) groups excluding carboxylic acids is 1. The van der Waals surface area contributed by atoms with Crippen LogP contribution in [0.2, 0.25) is 0 Å². The van der Waals surface area contributed by atoms with Crippen LogP contribution < -0.4 is 20.7 Å². The van der Waals surface area contributed by atoms with E-state index in [1.807, 2.05) is 39.0 Å². The quantitative estimate of drug-likeness (QED) is 0.637. The summed E-state index contributed by atoms with van der Waals surface area (Å²) in [4.78, 5) is 22.9. The van der Waals surface area contributed by atoms with Crippen molar-refractivity contribution >= 4 is 23.1 Å². The molecule has 0 radical (unpaired) electrons. The van der Waals surface area contributed by atoms with E-state index in [1.165, 1.54) is 6.33 Å². The number of ether oxygens (including phenoxy) is 2. The van der Waals surface area contributed by atoms with Gasteiger partial charge in [0.25, 0.3) is 0 Å². The van der Waals surface area contributed by atoms with Crippen molar-refractivity contribution in [3.8, 4) is 17.1 Å². The third-order valence-corrected chi connectivity index (χ3v) is 5.29. The molecule has 1 amide bonds. The van der Waals surface area contributed by atoms with Gasteiger partial charge in [-0.05, 0) is 45.7 Å². The highest BCUT2D eigenvalue weighted by atomic mass is 16.6. The van der Waals surface area contributed by atoms with Crippen LogP contribution in [0.15, 0.2) is 30.7 Å². The first-order chi connectivity index (χ1) is 15.2. The summed E-state index contributed by atoms with van der Waals surface area (Å²) in [6.07, 6.45) is 4.53. The molecule has 0 spiro atoms. The molecule has 10 heteroatoms. The molecule has 1 aliphatic rings. The van der Waals surface area contributed by atoms with Crippen LogP contribution in [-0.2, 0) is 4.74 Å². The van der Waals surface area contributed by atoms with Gasteiger partial charge in [-0.2, -0.15) is 5.10 Å². The molecule has 0 unspecified atom stereocenters. The van der Waals surface area contributed by atoms with Crippen molar-refractivity contribution in [2.45, 2.75) is 45.3 Å². The molecule has 4 rings (SSSR count). The Kier molecular flexibility index (Phi) is 5.77. The lowest BCUT2D eigenvalue weighted by Crippen LogP contribution is -2.49. The second kappa shape index (κ2) is 8.52. The van der Waals surface area contributed by atoms with Crippen molar-refractivity contribution in [2.75, 3.05) is 30.8 Å². The Morgan fingerprint density at radius 3 is 2.84 bits per heavy atom. The van der Waals surface area contributed by atoms with Crippen LogP contribution >= 0.6 is 0 Å². The number of carbonyl (C=O) groups is 1. The van der Waals surface area contributed by atoms with Crippen LogP contribution in [0.5, 0.6) is 5.88 Å². The van der Waals surface area contributed by atoms with Crippen molar-refractivity contribution in [1.82, 2.24) is 24.9 Å². The predicted molar refractivity (Wildman–Crippen MR) is 122 cm³/mol. The number of amides is 1. The zero-order valence-corrected chi connectivity index (χ0v) is 18.8. The lowest BCUT2D eigenvalue weighted by molar-refractivity contribution is 0.0500. The topological polar surface area (TPSA) is 120 Å². The van der Waals surface area contributed by atoms with E-state index in [2.05, 4.69) is 25.3 Å². The van der Waals surface area contributed by atoms with Crippen LogP contribution in [-0.4, -0.2) is 57.5 Å². The maximum absolute atomic E-state index is 12.3. The second-order valence-electron chi connectivity index (χ2n) is 8.84. The van der Waals surface area contributed by atoms with E-state index in [-0.39, 0.29) is 6.04 Å². The number of rotatable bonds is 4. The number of alkyl carbamates (subject to hydrolysis) is 1. The number of hydrogen-bond donors (Lipinski definition) is 2.